The summed E-state index contributed by atoms with van der Waals surface area (Å²) in [4.78, 5) is 5.91. The Morgan fingerprint density at radius 2 is 1.83 bits per heavy atom. The zero-order valence-electron chi connectivity index (χ0n) is 14.7. The predicted molar refractivity (Wildman–Crippen MR) is 97.8 cm³/mol. The molecule has 6 nitrogen and oxygen atoms in total. The second-order valence-electron chi connectivity index (χ2n) is 6.73. The molecule has 0 aliphatic rings. The van der Waals surface area contributed by atoms with E-state index in [1.807, 2.05) is 52.0 Å². The van der Waals surface area contributed by atoms with Crippen molar-refractivity contribution in [3.05, 3.63) is 29.8 Å². The molecular formula is C16H22N4O2S2. The van der Waals surface area contributed by atoms with E-state index >= 15 is 0 Å². The number of hydrogen-bond donors (Lipinski definition) is 0. The topological polar surface area (TPSA) is 75.5 Å². The summed E-state index contributed by atoms with van der Waals surface area (Å²) in [6.07, 6.45) is 0. The second kappa shape index (κ2) is 6.60. The van der Waals surface area contributed by atoms with Gasteiger partial charge in [-0.15, -0.1) is 4.40 Å². The highest BCUT2D eigenvalue weighted by atomic mass is 32.2. The smallest absolute Gasteiger partial charge is 0.312 e. The van der Waals surface area contributed by atoms with Crippen molar-refractivity contribution in [1.82, 2.24) is 14.3 Å². The van der Waals surface area contributed by atoms with Gasteiger partial charge in [0.05, 0.1) is 0 Å². The van der Waals surface area contributed by atoms with Crippen LogP contribution in [0, 0.1) is 12.3 Å². The van der Waals surface area contributed by atoms with E-state index < -0.39 is 15.4 Å². The SMILES string of the molecule is Cc1ccccc1-c1nsc(S(=O)(=O)N=C(N(C)C)C(C)(C)C)n1. The molecule has 0 saturated carbocycles. The highest BCUT2D eigenvalue weighted by molar-refractivity contribution is 7.92. The Labute approximate surface area is 147 Å². The fraction of sp³-hybridized carbons (Fsp3) is 0.438. The number of amidine groups is 1. The first-order chi connectivity index (χ1) is 11.0. The van der Waals surface area contributed by atoms with Gasteiger partial charge in [0.1, 0.15) is 5.84 Å². The third kappa shape index (κ3) is 3.99. The maximum absolute atomic E-state index is 12.6. The molecule has 0 amide bonds. The fourth-order valence-electron chi connectivity index (χ4n) is 2.29. The van der Waals surface area contributed by atoms with Gasteiger partial charge in [-0.1, -0.05) is 45.0 Å². The van der Waals surface area contributed by atoms with E-state index in [9.17, 15) is 8.42 Å². The quantitative estimate of drug-likeness (QED) is 0.616. The molecule has 1 heterocycles. The van der Waals surface area contributed by atoms with Gasteiger partial charge in [0.25, 0.3) is 4.34 Å². The number of benzene rings is 1. The summed E-state index contributed by atoms with van der Waals surface area (Å²) >= 11 is 0.850. The average Bonchev–Trinajstić information content (AvgIpc) is 2.94. The third-order valence-corrected chi connectivity index (χ3v) is 5.63. The third-order valence-electron chi connectivity index (χ3n) is 3.32. The Balaban J connectivity index is 2.47. The lowest BCUT2D eigenvalue weighted by Crippen LogP contribution is -2.35. The molecule has 0 bridgehead atoms. The van der Waals surface area contributed by atoms with Crippen LogP contribution in [0.15, 0.2) is 33.0 Å². The van der Waals surface area contributed by atoms with Gasteiger partial charge in [0.15, 0.2) is 5.82 Å². The fourth-order valence-corrected chi connectivity index (χ4v) is 4.27. The van der Waals surface area contributed by atoms with Crippen LogP contribution in [0.25, 0.3) is 11.4 Å². The van der Waals surface area contributed by atoms with Gasteiger partial charge in [-0.2, -0.15) is 12.8 Å². The van der Waals surface area contributed by atoms with Gasteiger partial charge in [-0.3, -0.25) is 0 Å². The molecule has 0 aliphatic heterocycles. The number of hydrogen-bond acceptors (Lipinski definition) is 5. The lowest BCUT2D eigenvalue weighted by Gasteiger charge is -2.27. The molecule has 130 valence electrons. The second-order valence-corrected chi connectivity index (χ2v) is 9.26. The normalized spacial score (nSPS) is 13.2. The minimum absolute atomic E-state index is 0.0932. The summed E-state index contributed by atoms with van der Waals surface area (Å²) in [7, 11) is -0.344. The highest BCUT2D eigenvalue weighted by Gasteiger charge is 2.27. The van der Waals surface area contributed by atoms with Crippen LogP contribution in [0.2, 0.25) is 0 Å². The monoisotopic (exact) mass is 366 g/mol. The van der Waals surface area contributed by atoms with Gasteiger partial charge >= 0.3 is 10.0 Å². The van der Waals surface area contributed by atoms with E-state index in [1.165, 1.54) is 0 Å². The van der Waals surface area contributed by atoms with E-state index in [2.05, 4.69) is 13.8 Å². The van der Waals surface area contributed by atoms with Crippen LogP contribution < -0.4 is 0 Å². The number of rotatable bonds is 3. The number of aryl methyl sites for hydroxylation is 1. The minimum Gasteiger partial charge on any atom is -0.365 e. The van der Waals surface area contributed by atoms with Crippen LogP contribution >= 0.6 is 11.5 Å². The summed E-state index contributed by atoms with van der Waals surface area (Å²) in [5.41, 5.74) is 1.41. The molecule has 0 fully saturated rings. The first kappa shape index (κ1) is 18.5. The summed E-state index contributed by atoms with van der Waals surface area (Å²) in [5.74, 6) is 0.879. The Bertz CT molecular complexity index is 862. The van der Waals surface area contributed by atoms with Crippen molar-refractivity contribution >= 4 is 27.4 Å². The predicted octanol–water partition coefficient (Wildman–Crippen LogP) is 3.21. The first-order valence-electron chi connectivity index (χ1n) is 7.45. The Morgan fingerprint density at radius 3 is 2.38 bits per heavy atom. The number of nitrogens with zero attached hydrogens (tertiary/aromatic N) is 4. The van der Waals surface area contributed by atoms with E-state index in [1.54, 1.807) is 19.0 Å². The van der Waals surface area contributed by atoms with Gasteiger partial charge < -0.3 is 4.90 Å². The molecule has 0 N–H and O–H groups in total. The molecule has 2 rings (SSSR count). The van der Waals surface area contributed by atoms with Crippen molar-refractivity contribution in [1.29, 1.82) is 0 Å². The lowest BCUT2D eigenvalue weighted by molar-refractivity contribution is 0.481. The molecule has 1 aromatic carbocycles. The van der Waals surface area contributed by atoms with Crippen molar-refractivity contribution in [3.63, 3.8) is 0 Å². The Hall–Kier alpha value is -1.80. The van der Waals surface area contributed by atoms with Crippen molar-refractivity contribution < 1.29 is 8.42 Å². The van der Waals surface area contributed by atoms with Crippen LogP contribution in [-0.4, -0.2) is 42.6 Å². The van der Waals surface area contributed by atoms with Crippen LogP contribution in [0.5, 0.6) is 0 Å². The molecular weight excluding hydrogens is 344 g/mol. The number of sulfonamides is 1. The molecule has 2 aromatic rings. The molecule has 0 unspecified atom stereocenters. The van der Waals surface area contributed by atoms with Crippen LogP contribution in [0.1, 0.15) is 26.3 Å². The zero-order chi connectivity index (χ0) is 18.1. The molecule has 0 saturated heterocycles. The van der Waals surface area contributed by atoms with Crippen LogP contribution in [0.3, 0.4) is 0 Å². The summed E-state index contributed by atoms with van der Waals surface area (Å²) < 4.78 is 33.3. The molecule has 0 spiro atoms. The molecule has 8 heteroatoms. The summed E-state index contributed by atoms with van der Waals surface area (Å²) in [5, 5.41) is 0. The maximum Gasteiger partial charge on any atom is 0.312 e. The summed E-state index contributed by atoms with van der Waals surface area (Å²) in [6, 6.07) is 7.60. The van der Waals surface area contributed by atoms with Crippen molar-refractivity contribution in [2.45, 2.75) is 32.0 Å². The number of aromatic nitrogens is 2. The molecule has 24 heavy (non-hydrogen) atoms. The van der Waals surface area contributed by atoms with Gasteiger partial charge in [0.2, 0.25) is 0 Å². The largest absolute Gasteiger partial charge is 0.365 e. The summed E-state index contributed by atoms with van der Waals surface area (Å²) in [6.45, 7) is 7.69. The van der Waals surface area contributed by atoms with E-state index in [0.717, 1.165) is 22.7 Å². The Kier molecular flexibility index (Phi) is 5.10. The van der Waals surface area contributed by atoms with Crippen molar-refractivity contribution in [2.24, 2.45) is 9.81 Å². The average molecular weight is 367 g/mol. The van der Waals surface area contributed by atoms with Crippen LogP contribution in [0.4, 0.5) is 0 Å². The minimum atomic E-state index is -3.90. The van der Waals surface area contributed by atoms with E-state index in [0.29, 0.717) is 11.7 Å². The highest BCUT2D eigenvalue weighted by Crippen LogP contribution is 2.26. The molecule has 0 radical (unpaired) electrons. The van der Waals surface area contributed by atoms with E-state index in [4.69, 9.17) is 0 Å². The molecule has 0 atom stereocenters. The lowest BCUT2D eigenvalue weighted by atomic mass is 9.94. The van der Waals surface area contributed by atoms with Gasteiger partial charge in [-0.05, 0) is 12.5 Å². The van der Waals surface area contributed by atoms with E-state index in [-0.39, 0.29) is 4.34 Å². The first-order valence-corrected chi connectivity index (χ1v) is 9.66. The van der Waals surface area contributed by atoms with Gasteiger partial charge in [-0.25, -0.2) is 4.98 Å². The maximum atomic E-state index is 12.6. The zero-order valence-corrected chi connectivity index (χ0v) is 16.4. The molecule has 0 aliphatic carbocycles. The standard InChI is InChI=1S/C16H22N4O2S2/c1-11-9-7-8-10-12(11)13-17-15(23-18-13)24(21,22)19-14(20(5)6)16(2,3)4/h7-10H,1-6H3. The van der Waals surface area contributed by atoms with Crippen LogP contribution in [-0.2, 0) is 10.0 Å². The van der Waals surface area contributed by atoms with Gasteiger partial charge in [0, 0.05) is 36.6 Å². The Morgan fingerprint density at radius 1 is 1.21 bits per heavy atom. The van der Waals surface area contributed by atoms with Crippen molar-refractivity contribution in [3.8, 4) is 11.4 Å². The molecule has 1 aromatic heterocycles. The van der Waals surface area contributed by atoms with Crippen molar-refractivity contribution in [2.75, 3.05) is 14.1 Å².